The zero-order chi connectivity index (χ0) is 17.4. The van der Waals surface area contributed by atoms with E-state index in [1.165, 1.54) is 0 Å². The summed E-state index contributed by atoms with van der Waals surface area (Å²) in [5.41, 5.74) is 7.54. The first-order valence-corrected chi connectivity index (χ1v) is 7.99. The summed E-state index contributed by atoms with van der Waals surface area (Å²) in [6, 6.07) is 9.59. The fraction of sp³-hybridized carbons (Fsp3) is 0.235. The van der Waals surface area contributed by atoms with Crippen molar-refractivity contribution in [2.75, 3.05) is 19.1 Å². The number of carbonyl (C=O) groups is 1. The second-order valence-corrected chi connectivity index (χ2v) is 6.21. The van der Waals surface area contributed by atoms with Crippen molar-refractivity contribution < 1.29 is 14.3 Å². The summed E-state index contributed by atoms with van der Waals surface area (Å²) in [4.78, 5) is 13.9. The third kappa shape index (κ3) is 2.69. The molecule has 1 amide bonds. The van der Waals surface area contributed by atoms with Crippen LogP contribution in [0.25, 0.3) is 0 Å². The molecular weight excluding hydrogens is 351 g/mol. The number of anilines is 1. The van der Waals surface area contributed by atoms with Crippen molar-refractivity contribution in [2.45, 2.75) is 12.1 Å². The summed E-state index contributed by atoms with van der Waals surface area (Å²) in [5.74, 6) is 1.02. The van der Waals surface area contributed by atoms with Gasteiger partial charge in [-0.3, -0.25) is 4.79 Å². The number of rotatable bonds is 4. The predicted octanol–water partition coefficient (Wildman–Crippen LogP) is 3.43. The van der Waals surface area contributed by atoms with E-state index in [-0.39, 0.29) is 11.9 Å². The second-order valence-electron chi connectivity index (χ2n) is 5.39. The highest BCUT2D eigenvalue weighted by atomic mass is 35.5. The first kappa shape index (κ1) is 16.9. The number of ether oxygens (including phenoxy) is 2. The van der Waals surface area contributed by atoms with E-state index in [9.17, 15) is 4.79 Å². The van der Waals surface area contributed by atoms with Crippen LogP contribution in [0.15, 0.2) is 36.4 Å². The largest absolute Gasteiger partial charge is 0.493 e. The molecule has 3 rings (SSSR count). The fourth-order valence-corrected chi connectivity index (χ4v) is 3.12. The van der Waals surface area contributed by atoms with Crippen LogP contribution < -0.4 is 20.1 Å². The van der Waals surface area contributed by atoms with E-state index >= 15 is 0 Å². The van der Waals surface area contributed by atoms with Gasteiger partial charge in [-0.15, -0.1) is 0 Å². The summed E-state index contributed by atoms with van der Waals surface area (Å²) in [7, 11) is 3.13. The molecule has 1 saturated heterocycles. The van der Waals surface area contributed by atoms with Crippen LogP contribution in [-0.4, -0.2) is 26.2 Å². The summed E-state index contributed by atoms with van der Waals surface area (Å²) >= 11 is 12.0. The second kappa shape index (κ2) is 6.51. The van der Waals surface area contributed by atoms with Crippen molar-refractivity contribution in [3.05, 3.63) is 52.0 Å². The highest BCUT2D eigenvalue weighted by Gasteiger charge is 2.47. The third-order valence-electron chi connectivity index (χ3n) is 4.07. The first-order valence-electron chi connectivity index (χ1n) is 7.23. The minimum Gasteiger partial charge on any atom is -0.493 e. The molecule has 1 heterocycles. The van der Waals surface area contributed by atoms with Crippen LogP contribution in [0, 0.1) is 0 Å². The molecule has 5 nitrogen and oxygen atoms in total. The van der Waals surface area contributed by atoms with Gasteiger partial charge in [0.2, 0.25) is 5.91 Å². The van der Waals surface area contributed by atoms with Gasteiger partial charge in [-0.05, 0) is 35.9 Å². The topological polar surface area (TPSA) is 64.8 Å². The van der Waals surface area contributed by atoms with Crippen molar-refractivity contribution in [2.24, 2.45) is 5.73 Å². The number of nitrogens with zero attached hydrogens (tertiary/aromatic N) is 1. The van der Waals surface area contributed by atoms with Gasteiger partial charge in [0.15, 0.2) is 11.5 Å². The van der Waals surface area contributed by atoms with Crippen molar-refractivity contribution >= 4 is 34.8 Å². The van der Waals surface area contributed by atoms with Gasteiger partial charge < -0.3 is 20.1 Å². The van der Waals surface area contributed by atoms with Crippen LogP contribution in [0.2, 0.25) is 10.0 Å². The van der Waals surface area contributed by atoms with Crippen LogP contribution in [0.5, 0.6) is 11.5 Å². The van der Waals surface area contributed by atoms with E-state index in [0.29, 0.717) is 27.2 Å². The Morgan fingerprint density at radius 2 is 1.71 bits per heavy atom. The number of benzene rings is 2. The van der Waals surface area contributed by atoms with Crippen molar-refractivity contribution in [1.82, 2.24) is 0 Å². The van der Waals surface area contributed by atoms with Crippen LogP contribution in [-0.2, 0) is 4.79 Å². The standard InChI is InChI=1S/C17H16Cl2N2O3/c1-23-13-6-3-9(7-14(13)24-2)16-15(20)17(22)21(16)10-4-5-11(18)12(19)8-10/h3-8,15-16H,20H2,1-2H3/t15-,16+/m1/s1. The Labute approximate surface area is 149 Å². The van der Waals surface area contributed by atoms with E-state index in [0.717, 1.165) is 5.56 Å². The van der Waals surface area contributed by atoms with Crippen molar-refractivity contribution in [3.8, 4) is 11.5 Å². The number of carbonyl (C=O) groups excluding carboxylic acids is 1. The maximum absolute atomic E-state index is 12.3. The minimum absolute atomic E-state index is 0.173. The molecule has 1 aliphatic heterocycles. The van der Waals surface area contributed by atoms with Crippen LogP contribution in [0.4, 0.5) is 5.69 Å². The number of amides is 1. The average molecular weight is 367 g/mol. The Bertz CT molecular complexity index is 797. The minimum atomic E-state index is -0.627. The van der Waals surface area contributed by atoms with Gasteiger partial charge in [0.25, 0.3) is 0 Å². The highest BCUT2D eigenvalue weighted by Crippen LogP contribution is 2.42. The summed E-state index contributed by atoms with van der Waals surface area (Å²) in [6.45, 7) is 0. The zero-order valence-corrected chi connectivity index (χ0v) is 14.6. The van der Waals surface area contributed by atoms with E-state index in [1.807, 2.05) is 12.1 Å². The molecule has 0 aromatic heterocycles. The summed E-state index contributed by atoms with van der Waals surface area (Å²) < 4.78 is 10.6. The first-order chi connectivity index (χ1) is 11.5. The van der Waals surface area contributed by atoms with Gasteiger partial charge in [0.1, 0.15) is 6.04 Å². The molecule has 0 saturated carbocycles. The molecule has 24 heavy (non-hydrogen) atoms. The molecule has 0 radical (unpaired) electrons. The maximum Gasteiger partial charge on any atom is 0.247 e. The molecular formula is C17H16Cl2N2O3. The monoisotopic (exact) mass is 366 g/mol. The van der Waals surface area contributed by atoms with E-state index in [1.54, 1.807) is 43.4 Å². The molecule has 126 valence electrons. The number of β-lactam (4-membered cyclic amide) rings is 1. The zero-order valence-electron chi connectivity index (χ0n) is 13.1. The molecule has 2 aromatic rings. The Hall–Kier alpha value is -1.95. The van der Waals surface area contributed by atoms with Crippen molar-refractivity contribution in [3.63, 3.8) is 0 Å². The Morgan fingerprint density at radius 1 is 1.00 bits per heavy atom. The van der Waals surface area contributed by atoms with Gasteiger partial charge in [0.05, 0.1) is 30.3 Å². The van der Waals surface area contributed by atoms with E-state index in [4.69, 9.17) is 38.4 Å². The molecule has 2 atom stereocenters. The third-order valence-corrected chi connectivity index (χ3v) is 4.81. The molecule has 0 bridgehead atoms. The van der Waals surface area contributed by atoms with E-state index < -0.39 is 6.04 Å². The maximum atomic E-state index is 12.3. The van der Waals surface area contributed by atoms with Gasteiger partial charge >= 0.3 is 0 Å². The molecule has 7 heteroatoms. The highest BCUT2D eigenvalue weighted by molar-refractivity contribution is 6.42. The molecule has 0 aliphatic carbocycles. The SMILES string of the molecule is COc1ccc([C@H]2[C@@H](N)C(=O)N2c2ccc(Cl)c(Cl)c2)cc1OC. The molecule has 2 aromatic carbocycles. The normalized spacial score (nSPS) is 19.9. The average Bonchev–Trinajstić information content (AvgIpc) is 2.60. The van der Waals surface area contributed by atoms with Gasteiger partial charge in [-0.2, -0.15) is 0 Å². The lowest BCUT2D eigenvalue weighted by atomic mass is 9.88. The smallest absolute Gasteiger partial charge is 0.247 e. The van der Waals surface area contributed by atoms with E-state index in [2.05, 4.69) is 0 Å². The number of hydrogen-bond acceptors (Lipinski definition) is 4. The molecule has 1 fully saturated rings. The number of hydrogen-bond donors (Lipinski definition) is 1. The Kier molecular flexibility index (Phi) is 4.58. The summed E-state index contributed by atoms with van der Waals surface area (Å²) in [5, 5.41) is 0.814. The number of methoxy groups -OCH3 is 2. The Balaban J connectivity index is 1.99. The van der Waals surface area contributed by atoms with Crippen molar-refractivity contribution in [1.29, 1.82) is 0 Å². The molecule has 0 unspecified atom stereocenters. The lowest BCUT2D eigenvalue weighted by Gasteiger charge is -2.45. The van der Waals surface area contributed by atoms with Gasteiger partial charge in [-0.1, -0.05) is 29.3 Å². The quantitative estimate of drug-likeness (QED) is 0.841. The lowest BCUT2D eigenvalue weighted by molar-refractivity contribution is -0.126. The molecule has 2 N–H and O–H groups in total. The van der Waals surface area contributed by atoms with Crippen LogP contribution in [0.3, 0.4) is 0 Å². The lowest BCUT2D eigenvalue weighted by Crippen LogP contribution is -2.63. The van der Waals surface area contributed by atoms with Gasteiger partial charge in [0, 0.05) is 5.69 Å². The number of halogens is 2. The fourth-order valence-electron chi connectivity index (χ4n) is 2.83. The molecule has 0 spiro atoms. The number of nitrogens with two attached hydrogens (primary N) is 1. The van der Waals surface area contributed by atoms with Crippen LogP contribution in [0.1, 0.15) is 11.6 Å². The Morgan fingerprint density at radius 3 is 2.33 bits per heavy atom. The molecule has 1 aliphatic rings. The predicted molar refractivity (Wildman–Crippen MR) is 94.2 cm³/mol. The van der Waals surface area contributed by atoms with Crippen LogP contribution >= 0.6 is 23.2 Å². The van der Waals surface area contributed by atoms with Gasteiger partial charge in [-0.25, -0.2) is 0 Å². The summed E-state index contributed by atoms with van der Waals surface area (Å²) in [6.07, 6.45) is 0.